The first kappa shape index (κ1) is 11.7. The fourth-order valence-electron chi connectivity index (χ4n) is 2.23. The molecule has 0 spiro atoms. The Bertz CT molecular complexity index is 386. The van der Waals surface area contributed by atoms with Gasteiger partial charge in [-0.1, -0.05) is 45.9 Å². The molecule has 1 N–H and O–H groups in total. The summed E-state index contributed by atoms with van der Waals surface area (Å²) >= 11 is 0. The molecule has 0 unspecified atom stereocenters. The molecule has 1 aliphatic carbocycles. The number of rotatable bonds is 3. The van der Waals surface area contributed by atoms with E-state index < -0.39 is 5.60 Å². The van der Waals surface area contributed by atoms with Crippen LogP contribution < -0.4 is 0 Å². The lowest BCUT2D eigenvalue weighted by Crippen LogP contribution is -2.10. The van der Waals surface area contributed by atoms with Crippen molar-refractivity contribution in [2.45, 2.75) is 58.0 Å². The third-order valence-electron chi connectivity index (χ3n) is 3.59. The molecule has 1 heteroatoms. The van der Waals surface area contributed by atoms with E-state index in [9.17, 15) is 5.11 Å². The van der Waals surface area contributed by atoms with Gasteiger partial charge in [-0.2, -0.15) is 0 Å². The summed E-state index contributed by atoms with van der Waals surface area (Å²) in [5.41, 5.74) is 3.31. The van der Waals surface area contributed by atoms with Crippen molar-refractivity contribution in [1.29, 1.82) is 0 Å². The van der Waals surface area contributed by atoms with Crippen LogP contribution in [0.5, 0.6) is 0 Å². The highest BCUT2D eigenvalue weighted by Gasteiger charge is 2.43. The van der Waals surface area contributed by atoms with Crippen LogP contribution in [0.15, 0.2) is 18.2 Å². The monoisotopic (exact) mass is 218 g/mol. The third kappa shape index (κ3) is 2.01. The molecule has 0 aliphatic heterocycles. The highest BCUT2D eigenvalue weighted by Crippen LogP contribution is 2.48. The molecule has 1 fully saturated rings. The lowest BCUT2D eigenvalue weighted by Gasteiger charge is -2.19. The van der Waals surface area contributed by atoms with Crippen LogP contribution in [-0.2, 0) is 5.60 Å². The largest absolute Gasteiger partial charge is 0.385 e. The molecule has 1 aliphatic rings. The third-order valence-corrected chi connectivity index (χ3v) is 3.59. The fourth-order valence-corrected chi connectivity index (χ4v) is 2.23. The maximum atomic E-state index is 10.3. The zero-order valence-electron chi connectivity index (χ0n) is 10.7. The Balaban J connectivity index is 2.48. The van der Waals surface area contributed by atoms with E-state index in [2.05, 4.69) is 45.9 Å². The second-order valence-electron chi connectivity index (χ2n) is 5.69. The van der Waals surface area contributed by atoms with Crippen LogP contribution in [0.25, 0.3) is 0 Å². The van der Waals surface area contributed by atoms with Crippen LogP contribution in [0.3, 0.4) is 0 Å². The minimum absolute atomic E-state index is 0.487. The molecule has 1 saturated carbocycles. The van der Waals surface area contributed by atoms with Gasteiger partial charge < -0.3 is 5.11 Å². The first-order chi connectivity index (χ1) is 7.44. The topological polar surface area (TPSA) is 20.2 Å². The van der Waals surface area contributed by atoms with Gasteiger partial charge in [0.1, 0.15) is 0 Å². The van der Waals surface area contributed by atoms with Crippen molar-refractivity contribution < 1.29 is 5.11 Å². The lowest BCUT2D eigenvalue weighted by atomic mass is 9.89. The minimum Gasteiger partial charge on any atom is -0.385 e. The van der Waals surface area contributed by atoms with Gasteiger partial charge >= 0.3 is 0 Å². The summed E-state index contributed by atoms with van der Waals surface area (Å²) < 4.78 is 0. The van der Waals surface area contributed by atoms with E-state index in [0.29, 0.717) is 11.8 Å². The molecule has 88 valence electrons. The van der Waals surface area contributed by atoms with Crippen molar-refractivity contribution >= 4 is 0 Å². The standard InChI is InChI=1S/C15H22O/c1-10(2)12-5-6-13(11(3)4)14(9-12)15(16)7-8-15/h5-6,9-11,16H,7-8H2,1-4H3. The van der Waals surface area contributed by atoms with Gasteiger partial charge in [0.2, 0.25) is 0 Å². The van der Waals surface area contributed by atoms with Crippen LogP contribution in [0, 0.1) is 0 Å². The van der Waals surface area contributed by atoms with Crippen LogP contribution in [-0.4, -0.2) is 5.11 Å². The SMILES string of the molecule is CC(C)c1ccc(C(C)C)c(C2(O)CC2)c1. The molecule has 0 radical (unpaired) electrons. The molecule has 1 aromatic rings. The highest BCUT2D eigenvalue weighted by atomic mass is 16.3. The Hall–Kier alpha value is -0.820. The van der Waals surface area contributed by atoms with Crippen LogP contribution in [0.4, 0.5) is 0 Å². The lowest BCUT2D eigenvalue weighted by molar-refractivity contribution is 0.150. The first-order valence-electron chi connectivity index (χ1n) is 6.31. The quantitative estimate of drug-likeness (QED) is 0.815. The van der Waals surface area contributed by atoms with E-state index in [0.717, 1.165) is 12.8 Å². The van der Waals surface area contributed by atoms with Crippen molar-refractivity contribution in [3.8, 4) is 0 Å². The second-order valence-corrected chi connectivity index (χ2v) is 5.69. The Morgan fingerprint density at radius 3 is 2.12 bits per heavy atom. The number of hydrogen-bond acceptors (Lipinski definition) is 1. The van der Waals surface area contributed by atoms with Gasteiger partial charge in [0.25, 0.3) is 0 Å². The van der Waals surface area contributed by atoms with Crippen molar-refractivity contribution in [3.05, 3.63) is 34.9 Å². The molecule has 1 aromatic carbocycles. The number of hydrogen-bond donors (Lipinski definition) is 1. The number of aliphatic hydroxyl groups is 1. The van der Waals surface area contributed by atoms with Gasteiger partial charge in [0.15, 0.2) is 0 Å². The van der Waals surface area contributed by atoms with Crippen LogP contribution >= 0.6 is 0 Å². The second kappa shape index (κ2) is 3.89. The Kier molecular flexibility index (Phi) is 2.83. The van der Waals surface area contributed by atoms with Crippen LogP contribution in [0.1, 0.15) is 69.1 Å². The Labute approximate surface area is 98.5 Å². The summed E-state index contributed by atoms with van der Waals surface area (Å²) in [7, 11) is 0. The predicted octanol–water partition coefficient (Wildman–Crippen LogP) is 3.91. The summed E-state index contributed by atoms with van der Waals surface area (Å²) in [5, 5.41) is 10.3. The molecule has 16 heavy (non-hydrogen) atoms. The minimum atomic E-state index is -0.509. The summed E-state index contributed by atoms with van der Waals surface area (Å²) in [4.78, 5) is 0. The molecular weight excluding hydrogens is 196 g/mol. The zero-order valence-corrected chi connectivity index (χ0v) is 10.7. The van der Waals surface area contributed by atoms with Gasteiger partial charge in [0.05, 0.1) is 5.60 Å². The van der Waals surface area contributed by atoms with E-state index >= 15 is 0 Å². The van der Waals surface area contributed by atoms with E-state index in [4.69, 9.17) is 0 Å². The molecule has 0 bridgehead atoms. The zero-order chi connectivity index (χ0) is 11.9. The van der Waals surface area contributed by atoms with Crippen molar-refractivity contribution in [3.63, 3.8) is 0 Å². The molecule has 0 amide bonds. The maximum Gasteiger partial charge on any atom is 0.0901 e. The molecule has 2 rings (SSSR count). The maximum absolute atomic E-state index is 10.3. The van der Waals surface area contributed by atoms with E-state index in [1.807, 2.05) is 0 Å². The summed E-state index contributed by atoms with van der Waals surface area (Å²) in [6.07, 6.45) is 1.85. The Morgan fingerprint density at radius 1 is 1.06 bits per heavy atom. The first-order valence-corrected chi connectivity index (χ1v) is 6.31. The average molecular weight is 218 g/mol. The molecular formula is C15H22O. The van der Waals surface area contributed by atoms with E-state index in [1.165, 1.54) is 16.7 Å². The van der Waals surface area contributed by atoms with Gasteiger partial charge in [-0.15, -0.1) is 0 Å². The highest BCUT2D eigenvalue weighted by molar-refractivity contribution is 5.41. The van der Waals surface area contributed by atoms with Gasteiger partial charge in [-0.05, 0) is 41.4 Å². The number of benzene rings is 1. The van der Waals surface area contributed by atoms with E-state index in [-0.39, 0.29) is 0 Å². The van der Waals surface area contributed by atoms with Gasteiger partial charge in [0, 0.05) is 0 Å². The van der Waals surface area contributed by atoms with Crippen LogP contribution in [0.2, 0.25) is 0 Å². The van der Waals surface area contributed by atoms with Gasteiger partial charge in [-0.25, -0.2) is 0 Å². The fraction of sp³-hybridized carbons (Fsp3) is 0.600. The smallest absolute Gasteiger partial charge is 0.0901 e. The summed E-state index contributed by atoms with van der Waals surface area (Å²) in [6.45, 7) is 8.79. The van der Waals surface area contributed by atoms with Crippen molar-refractivity contribution in [1.82, 2.24) is 0 Å². The van der Waals surface area contributed by atoms with Crippen molar-refractivity contribution in [2.24, 2.45) is 0 Å². The average Bonchev–Trinajstić information content (AvgIpc) is 2.96. The summed E-state index contributed by atoms with van der Waals surface area (Å²) in [6, 6.07) is 6.62. The molecule has 0 heterocycles. The molecule has 0 aromatic heterocycles. The van der Waals surface area contributed by atoms with Gasteiger partial charge in [-0.3, -0.25) is 0 Å². The normalized spacial score (nSPS) is 18.2. The molecule has 0 atom stereocenters. The molecule has 1 nitrogen and oxygen atoms in total. The van der Waals surface area contributed by atoms with E-state index in [1.54, 1.807) is 0 Å². The van der Waals surface area contributed by atoms with Crippen molar-refractivity contribution in [2.75, 3.05) is 0 Å². The predicted molar refractivity (Wildman–Crippen MR) is 67.8 cm³/mol. The Morgan fingerprint density at radius 2 is 1.69 bits per heavy atom. The molecule has 0 saturated heterocycles. The summed E-state index contributed by atoms with van der Waals surface area (Å²) in [5.74, 6) is 1.02.